The monoisotopic (exact) mass is 347 g/mol. The van der Waals surface area contributed by atoms with Crippen LogP contribution in [-0.2, 0) is 10.9 Å². The summed E-state index contributed by atoms with van der Waals surface area (Å²) in [4.78, 5) is 15.5. The van der Waals surface area contributed by atoms with Crippen LogP contribution in [-0.4, -0.2) is 18.1 Å². The third-order valence-electron chi connectivity index (χ3n) is 3.51. The first-order chi connectivity index (χ1) is 11.9. The Labute approximate surface area is 140 Å². The van der Waals surface area contributed by atoms with Crippen molar-refractivity contribution in [2.24, 2.45) is 0 Å². The summed E-state index contributed by atoms with van der Waals surface area (Å²) in [6, 6.07) is 11.0. The lowest BCUT2D eigenvalue weighted by atomic mass is 10.1. The van der Waals surface area contributed by atoms with Gasteiger partial charge in [0.25, 0.3) is 0 Å². The number of rotatable bonds is 3. The first kappa shape index (κ1) is 16.8. The van der Waals surface area contributed by atoms with E-state index in [0.29, 0.717) is 11.1 Å². The van der Waals surface area contributed by atoms with Crippen LogP contribution in [0, 0.1) is 0 Å². The van der Waals surface area contributed by atoms with Crippen LogP contribution in [0.15, 0.2) is 54.7 Å². The predicted octanol–water partition coefficient (Wildman–Crippen LogP) is 4.83. The van der Waals surface area contributed by atoms with Gasteiger partial charge in [0.05, 0.1) is 12.7 Å². The van der Waals surface area contributed by atoms with Crippen LogP contribution < -0.4 is 4.74 Å². The molecule has 128 valence electrons. The standard InChI is InChI=1S/C18H12F3NO3/c1-24-17(23)16-9-12-8-15(5-2-11(12)10-22-16)25-14-6-3-13(4-7-14)18(19,20)21/h2-10H,1H3. The fourth-order valence-corrected chi connectivity index (χ4v) is 2.25. The topological polar surface area (TPSA) is 48.4 Å². The minimum Gasteiger partial charge on any atom is -0.464 e. The Kier molecular flexibility index (Phi) is 4.31. The largest absolute Gasteiger partial charge is 0.464 e. The number of pyridine rings is 1. The van der Waals surface area contributed by atoms with E-state index in [0.717, 1.165) is 17.5 Å². The Bertz CT molecular complexity index is 921. The summed E-state index contributed by atoms with van der Waals surface area (Å²) < 4.78 is 47.9. The van der Waals surface area contributed by atoms with Gasteiger partial charge >= 0.3 is 12.1 Å². The van der Waals surface area contributed by atoms with Gasteiger partial charge in [-0.2, -0.15) is 13.2 Å². The summed E-state index contributed by atoms with van der Waals surface area (Å²) in [5, 5.41) is 1.48. The first-order valence-corrected chi connectivity index (χ1v) is 7.20. The maximum Gasteiger partial charge on any atom is 0.416 e. The molecule has 0 saturated heterocycles. The Morgan fingerprint density at radius 2 is 1.64 bits per heavy atom. The number of aromatic nitrogens is 1. The van der Waals surface area contributed by atoms with Crippen LogP contribution in [0.25, 0.3) is 10.8 Å². The molecule has 0 spiro atoms. The van der Waals surface area contributed by atoms with E-state index in [1.807, 2.05) is 0 Å². The maximum atomic E-state index is 12.6. The van der Waals surface area contributed by atoms with Gasteiger partial charge < -0.3 is 9.47 Å². The minimum absolute atomic E-state index is 0.154. The molecule has 0 N–H and O–H groups in total. The van der Waals surface area contributed by atoms with Crippen molar-refractivity contribution in [3.8, 4) is 11.5 Å². The molecule has 0 atom stereocenters. The molecule has 4 nitrogen and oxygen atoms in total. The predicted molar refractivity (Wildman–Crippen MR) is 84.6 cm³/mol. The second-order valence-electron chi connectivity index (χ2n) is 5.19. The van der Waals surface area contributed by atoms with Crippen LogP contribution >= 0.6 is 0 Å². The Hall–Kier alpha value is -3.09. The Balaban J connectivity index is 1.87. The Morgan fingerprint density at radius 1 is 0.960 bits per heavy atom. The van der Waals surface area contributed by atoms with Crippen molar-refractivity contribution in [1.82, 2.24) is 4.98 Å². The second-order valence-corrected chi connectivity index (χ2v) is 5.19. The summed E-state index contributed by atoms with van der Waals surface area (Å²) in [6.07, 6.45) is -2.86. The van der Waals surface area contributed by atoms with Crippen LogP contribution in [0.5, 0.6) is 11.5 Å². The van der Waals surface area contributed by atoms with E-state index in [4.69, 9.17) is 4.74 Å². The summed E-state index contributed by atoms with van der Waals surface area (Å²) in [7, 11) is 1.26. The Morgan fingerprint density at radius 3 is 2.28 bits per heavy atom. The van der Waals surface area contributed by atoms with Crippen LogP contribution in [0.2, 0.25) is 0 Å². The SMILES string of the molecule is COC(=O)c1cc2cc(Oc3ccc(C(F)(F)F)cc3)ccc2cn1. The molecular weight excluding hydrogens is 335 g/mol. The third-order valence-corrected chi connectivity index (χ3v) is 3.51. The van der Waals surface area contributed by atoms with Crippen molar-refractivity contribution in [2.45, 2.75) is 6.18 Å². The van der Waals surface area contributed by atoms with E-state index in [-0.39, 0.29) is 11.4 Å². The second kappa shape index (κ2) is 6.43. The zero-order valence-electron chi connectivity index (χ0n) is 13.0. The minimum atomic E-state index is -4.39. The van der Waals surface area contributed by atoms with Gasteiger partial charge in [0.1, 0.15) is 17.2 Å². The number of carbonyl (C=O) groups is 1. The number of esters is 1. The van der Waals surface area contributed by atoms with E-state index in [9.17, 15) is 18.0 Å². The average Bonchev–Trinajstić information content (AvgIpc) is 2.60. The number of fused-ring (bicyclic) bond motifs is 1. The zero-order chi connectivity index (χ0) is 18.0. The van der Waals surface area contributed by atoms with Crippen molar-refractivity contribution in [3.05, 3.63) is 66.0 Å². The molecule has 1 heterocycles. The molecule has 2 aromatic carbocycles. The molecule has 3 aromatic rings. The van der Waals surface area contributed by atoms with Crippen molar-refractivity contribution in [3.63, 3.8) is 0 Å². The fourth-order valence-electron chi connectivity index (χ4n) is 2.25. The van der Waals surface area contributed by atoms with Gasteiger partial charge in [-0.1, -0.05) is 0 Å². The van der Waals surface area contributed by atoms with Gasteiger partial charge in [0.2, 0.25) is 0 Å². The first-order valence-electron chi connectivity index (χ1n) is 7.20. The van der Waals surface area contributed by atoms with Crippen molar-refractivity contribution < 1.29 is 27.4 Å². The summed E-state index contributed by atoms with van der Waals surface area (Å²) in [6.45, 7) is 0. The molecule has 0 unspecified atom stereocenters. The van der Waals surface area contributed by atoms with Crippen molar-refractivity contribution >= 4 is 16.7 Å². The molecule has 3 rings (SSSR count). The third kappa shape index (κ3) is 3.71. The van der Waals surface area contributed by atoms with E-state index < -0.39 is 17.7 Å². The van der Waals surface area contributed by atoms with Gasteiger partial charge in [-0.25, -0.2) is 9.78 Å². The maximum absolute atomic E-state index is 12.6. The van der Waals surface area contributed by atoms with Gasteiger partial charge in [-0.15, -0.1) is 0 Å². The molecule has 7 heteroatoms. The highest BCUT2D eigenvalue weighted by molar-refractivity contribution is 5.93. The van der Waals surface area contributed by atoms with Crippen LogP contribution in [0.1, 0.15) is 16.1 Å². The molecule has 0 fully saturated rings. The van der Waals surface area contributed by atoms with E-state index >= 15 is 0 Å². The molecule has 0 saturated carbocycles. The summed E-state index contributed by atoms with van der Waals surface area (Å²) in [5.74, 6) is 0.139. The van der Waals surface area contributed by atoms with Crippen LogP contribution in [0.4, 0.5) is 13.2 Å². The number of ether oxygens (including phenoxy) is 2. The number of methoxy groups -OCH3 is 1. The molecule has 0 aliphatic heterocycles. The van der Waals surface area contributed by atoms with E-state index in [1.165, 1.54) is 25.4 Å². The molecule has 0 aliphatic rings. The number of halogens is 3. The zero-order valence-corrected chi connectivity index (χ0v) is 13.0. The number of hydrogen-bond acceptors (Lipinski definition) is 4. The van der Waals surface area contributed by atoms with E-state index in [2.05, 4.69) is 9.72 Å². The number of benzene rings is 2. The molecule has 0 amide bonds. The number of carbonyl (C=O) groups excluding carboxylic acids is 1. The lowest BCUT2D eigenvalue weighted by Gasteiger charge is -2.10. The van der Waals surface area contributed by atoms with Gasteiger partial charge in [0.15, 0.2) is 0 Å². The fraction of sp³-hybridized carbons (Fsp3) is 0.111. The number of nitrogens with zero attached hydrogens (tertiary/aromatic N) is 1. The lowest BCUT2D eigenvalue weighted by molar-refractivity contribution is -0.137. The summed E-state index contributed by atoms with van der Waals surface area (Å²) >= 11 is 0. The quantitative estimate of drug-likeness (QED) is 0.637. The molecule has 25 heavy (non-hydrogen) atoms. The van der Waals surface area contributed by atoms with Crippen LogP contribution in [0.3, 0.4) is 0 Å². The van der Waals surface area contributed by atoms with Crippen molar-refractivity contribution in [1.29, 1.82) is 0 Å². The lowest BCUT2D eigenvalue weighted by Crippen LogP contribution is -2.04. The number of alkyl halides is 3. The molecule has 0 radical (unpaired) electrons. The smallest absolute Gasteiger partial charge is 0.416 e. The average molecular weight is 347 g/mol. The molecule has 0 bridgehead atoms. The highest BCUT2D eigenvalue weighted by atomic mass is 19.4. The molecule has 1 aromatic heterocycles. The number of hydrogen-bond donors (Lipinski definition) is 0. The highest BCUT2D eigenvalue weighted by Crippen LogP contribution is 2.32. The van der Waals surface area contributed by atoms with E-state index in [1.54, 1.807) is 24.3 Å². The highest BCUT2D eigenvalue weighted by Gasteiger charge is 2.30. The summed E-state index contributed by atoms with van der Waals surface area (Å²) in [5.41, 5.74) is -0.589. The normalized spacial score (nSPS) is 11.4. The van der Waals surface area contributed by atoms with Crippen molar-refractivity contribution in [2.75, 3.05) is 7.11 Å². The molecular formula is C18H12F3NO3. The van der Waals surface area contributed by atoms with Gasteiger partial charge in [-0.3, -0.25) is 0 Å². The van der Waals surface area contributed by atoms with Gasteiger partial charge in [0, 0.05) is 11.6 Å². The molecule has 0 aliphatic carbocycles. The van der Waals surface area contributed by atoms with Gasteiger partial charge in [-0.05, 0) is 53.9 Å².